The van der Waals surface area contributed by atoms with E-state index in [1.165, 1.54) is 0 Å². The molecule has 0 aromatic carbocycles. The van der Waals surface area contributed by atoms with E-state index in [4.69, 9.17) is 7.85 Å². The average Bonchev–Trinajstić information content (AvgIpc) is 2.32. The first-order chi connectivity index (χ1) is 5.66. The van der Waals surface area contributed by atoms with E-state index < -0.39 is 17.8 Å². The highest BCUT2D eigenvalue weighted by molar-refractivity contribution is 6.21. The van der Waals surface area contributed by atoms with Crippen molar-refractivity contribution in [3.05, 3.63) is 12.2 Å². The van der Waals surface area contributed by atoms with Crippen molar-refractivity contribution in [2.45, 2.75) is 12.4 Å². The van der Waals surface area contributed by atoms with Crippen LogP contribution in [-0.4, -0.2) is 36.8 Å². The van der Waals surface area contributed by atoms with Crippen LogP contribution in [0.4, 0.5) is 0 Å². The van der Waals surface area contributed by atoms with E-state index in [9.17, 15) is 14.4 Å². The molecule has 0 aromatic rings. The standard InChI is InChI=1S/C7H6BNO3/c8-5(3-4-10)9-6(11)1-2-7(9)12/h1-2,4-5H,3H2. The smallest absolute Gasteiger partial charge is 0.253 e. The van der Waals surface area contributed by atoms with Gasteiger partial charge < -0.3 is 4.79 Å². The van der Waals surface area contributed by atoms with Gasteiger partial charge in [0, 0.05) is 24.5 Å². The zero-order chi connectivity index (χ0) is 9.14. The van der Waals surface area contributed by atoms with Crippen LogP contribution in [0.5, 0.6) is 0 Å². The van der Waals surface area contributed by atoms with Crippen molar-refractivity contribution >= 4 is 25.9 Å². The molecule has 60 valence electrons. The summed E-state index contributed by atoms with van der Waals surface area (Å²) in [5.74, 6) is -1.76. The number of amides is 2. The summed E-state index contributed by atoms with van der Waals surface area (Å²) in [5.41, 5.74) is 0. The molecular formula is C7H6BNO3. The van der Waals surface area contributed by atoms with Crippen LogP contribution in [0.1, 0.15) is 6.42 Å². The Bertz CT molecular complexity index is 243. The van der Waals surface area contributed by atoms with Crippen LogP contribution in [-0.2, 0) is 14.4 Å². The van der Waals surface area contributed by atoms with Gasteiger partial charge in [-0.05, 0) is 0 Å². The summed E-state index contributed by atoms with van der Waals surface area (Å²) in [6.45, 7) is 0. The largest absolute Gasteiger partial charge is 0.303 e. The number of rotatable bonds is 3. The van der Waals surface area contributed by atoms with Crippen molar-refractivity contribution in [1.29, 1.82) is 0 Å². The fraction of sp³-hybridized carbons (Fsp3) is 0.286. The number of aldehydes is 1. The average molecular weight is 163 g/mol. The molecule has 5 heteroatoms. The molecule has 1 aliphatic rings. The second-order valence-electron chi connectivity index (χ2n) is 2.35. The summed E-state index contributed by atoms with van der Waals surface area (Å²) in [5, 5.41) is 0. The molecule has 0 aliphatic carbocycles. The number of carbonyl (C=O) groups is 3. The summed E-state index contributed by atoms with van der Waals surface area (Å²) >= 11 is 0. The predicted octanol–water partition coefficient (Wildman–Crippen LogP) is -1.01. The van der Waals surface area contributed by atoms with Gasteiger partial charge in [-0.1, -0.05) is 0 Å². The molecule has 1 rings (SSSR count). The number of carbonyl (C=O) groups excluding carboxylic acids is 3. The topological polar surface area (TPSA) is 54.5 Å². The van der Waals surface area contributed by atoms with E-state index >= 15 is 0 Å². The van der Waals surface area contributed by atoms with E-state index in [1.807, 2.05) is 0 Å². The molecule has 1 heterocycles. The van der Waals surface area contributed by atoms with Gasteiger partial charge in [-0.15, -0.1) is 0 Å². The van der Waals surface area contributed by atoms with E-state index in [0.29, 0.717) is 6.29 Å². The van der Waals surface area contributed by atoms with Crippen LogP contribution in [0.15, 0.2) is 12.2 Å². The monoisotopic (exact) mass is 163 g/mol. The molecule has 12 heavy (non-hydrogen) atoms. The van der Waals surface area contributed by atoms with E-state index in [1.54, 1.807) is 0 Å². The maximum absolute atomic E-state index is 10.9. The lowest BCUT2D eigenvalue weighted by Crippen LogP contribution is -2.40. The maximum atomic E-state index is 10.9. The highest BCUT2D eigenvalue weighted by Gasteiger charge is 2.27. The minimum Gasteiger partial charge on any atom is -0.303 e. The molecule has 2 radical (unpaired) electrons. The summed E-state index contributed by atoms with van der Waals surface area (Å²) in [6.07, 6.45) is 2.81. The molecule has 1 unspecified atom stereocenters. The molecule has 0 bridgehead atoms. The zero-order valence-corrected chi connectivity index (χ0v) is 6.27. The number of hydrogen-bond donors (Lipinski definition) is 0. The van der Waals surface area contributed by atoms with Crippen molar-refractivity contribution in [2.24, 2.45) is 0 Å². The van der Waals surface area contributed by atoms with Gasteiger partial charge in [-0.25, -0.2) is 0 Å². The van der Waals surface area contributed by atoms with Gasteiger partial charge >= 0.3 is 0 Å². The van der Waals surface area contributed by atoms with Crippen LogP contribution >= 0.6 is 0 Å². The minimum atomic E-state index is -0.836. The van der Waals surface area contributed by atoms with Crippen LogP contribution in [0, 0.1) is 0 Å². The Hall–Kier alpha value is -1.39. The van der Waals surface area contributed by atoms with Gasteiger partial charge in [-0.2, -0.15) is 0 Å². The van der Waals surface area contributed by atoms with E-state index in [0.717, 1.165) is 17.1 Å². The van der Waals surface area contributed by atoms with Gasteiger partial charge in [0.2, 0.25) is 0 Å². The third-order valence-corrected chi connectivity index (χ3v) is 1.51. The normalized spacial score (nSPS) is 18.5. The maximum Gasteiger partial charge on any atom is 0.253 e. The molecule has 4 nitrogen and oxygen atoms in total. The van der Waals surface area contributed by atoms with Crippen LogP contribution in [0.25, 0.3) is 0 Å². The van der Waals surface area contributed by atoms with E-state index in [-0.39, 0.29) is 6.42 Å². The number of nitrogens with zero attached hydrogens (tertiary/aromatic N) is 1. The second kappa shape index (κ2) is 3.34. The molecule has 0 fully saturated rings. The molecule has 1 atom stereocenters. The lowest BCUT2D eigenvalue weighted by molar-refractivity contribution is -0.137. The Kier molecular flexibility index (Phi) is 2.42. The quantitative estimate of drug-likeness (QED) is 0.304. The molecule has 1 aliphatic heterocycles. The van der Waals surface area contributed by atoms with Crippen molar-refractivity contribution in [3.63, 3.8) is 0 Å². The van der Waals surface area contributed by atoms with Crippen LogP contribution in [0.2, 0.25) is 0 Å². The Labute approximate surface area is 70.6 Å². The molecule has 0 saturated heterocycles. The van der Waals surface area contributed by atoms with Crippen molar-refractivity contribution in [1.82, 2.24) is 4.90 Å². The lowest BCUT2D eigenvalue weighted by Gasteiger charge is -2.20. The van der Waals surface area contributed by atoms with Gasteiger partial charge in [-0.3, -0.25) is 14.5 Å². The predicted molar refractivity (Wildman–Crippen MR) is 41.2 cm³/mol. The summed E-state index contributed by atoms with van der Waals surface area (Å²) in [7, 11) is 5.38. The highest BCUT2D eigenvalue weighted by atomic mass is 16.2. The number of imide groups is 1. The second-order valence-corrected chi connectivity index (χ2v) is 2.35. The van der Waals surface area contributed by atoms with Crippen LogP contribution in [0.3, 0.4) is 0 Å². The molecule has 0 N–H and O–H groups in total. The van der Waals surface area contributed by atoms with E-state index in [2.05, 4.69) is 0 Å². The first-order valence-corrected chi connectivity index (χ1v) is 3.41. The highest BCUT2D eigenvalue weighted by Crippen LogP contribution is 2.08. The number of hydrogen-bond acceptors (Lipinski definition) is 3. The fourth-order valence-corrected chi connectivity index (χ4v) is 0.943. The van der Waals surface area contributed by atoms with Crippen molar-refractivity contribution in [2.75, 3.05) is 0 Å². The minimum absolute atomic E-state index is 0.0286. The fourth-order valence-electron chi connectivity index (χ4n) is 0.943. The Balaban J connectivity index is 2.68. The third-order valence-electron chi connectivity index (χ3n) is 1.51. The summed E-state index contributed by atoms with van der Waals surface area (Å²) in [6, 6.07) is 0. The summed E-state index contributed by atoms with van der Waals surface area (Å²) < 4.78 is 0. The van der Waals surface area contributed by atoms with Gasteiger partial charge in [0.05, 0.1) is 0 Å². The first-order valence-electron chi connectivity index (χ1n) is 3.41. The van der Waals surface area contributed by atoms with Gasteiger partial charge in [0.1, 0.15) is 14.1 Å². The van der Waals surface area contributed by atoms with Gasteiger partial charge in [0.15, 0.2) is 0 Å². The summed E-state index contributed by atoms with van der Waals surface area (Å²) in [4.78, 5) is 32.7. The Morgan fingerprint density at radius 2 is 1.92 bits per heavy atom. The van der Waals surface area contributed by atoms with Crippen molar-refractivity contribution in [3.8, 4) is 0 Å². The van der Waals surface area contributed by atoms with Crippen LogP contribution < -0.4 is 0 Å². The Morgan fingerprint density at radius 1 is 1.42 bits per heavy atom. The molecular weight excluding hydrogens is 157 g/mol. The molecule has 0 spiro atoms. The lowest BCUT2D eigenvalue weighted by atomic mass is 9.92. The first kappa shape index (κ1) is 8.71. The van der Waals surface area contributed by atoms with Gasteiger partial charge in [0.25, 0.3) is 11.8 Å². The SMILES string of the molecule is [B]C(CC=O)N1C(=O)C=CC1=O. The Morgan fingerprint density at radius 3 is 2.33 bits per heavy atom. The molecule has 2 amide bonds. The zero-order valence-electron chi connectivity index (χ0n) is 6.27. The molecule has 0 saturated carbocycles. The molecule has 0 aromatic heterocycles. The third kappa shape index (κ3) is 1.44. The van der Waals surface area contributed by atoms with Crippen molar-refractivity contribution < 1.29 is 14.4 Å².